The number of esters is 1. The maximum atomic E-state index is 12.1. The first kappa shape index (κ1) is 26.2. The molecule has 0 aliphatic heterocycles. The summed E-state index contributed by atoms with van der Waals surface area (Å²) in [7, 11) is 2.04. The summed E-state index contributed by atoms with van der Waals surface area (Å²) in [5, 5.41) is 29.3. The van der Waals surface area contributed by atoms with Crippen LogP contribution in [0.1, 0.15) is 62.0 Å². The van der Waals surface area contributed by atoms with Crippen LogP contribution in [-0.2, 0) is 16.6 Å². The standard InChI is InChI=1S/C27H36N2O4/c1-19(2)27(18-28,23-10-8-22(9-11-23)26(32)33-20(3)4)14-6-15-29(5)16-13-21-7-12-24(30)25(31)17-21/h7-12,17,19-20,30-31H,6,13-16H2,1-5H3. The first-order valence-electron chi connectivity index (χ1n) is 11.5. The van der Waals surface area contributed by atoms with Gasteiger partial charge in [-0.3, -0.25) is 0 Å². The van der Waals surface area contributed by atoms with Crippen LogP contribution in [-0.4, -0.2) is 47.3 Å². The molecular formula is C27H36N2O4. The number of phenolic OH excluding ortho intramolecular Hbond substituents is 2. The molecule has 33 heavy (non-hydrogen) atoms. The predicted molar refractivity (Wildman–Crippen MR) is 129 cm³/mol. The van der Waals surface area contributed by atoms with E-state index in [1.807, 2.05) is 39.1 Å². The Morgan fingerprint density at radius 1 is 1.06 bits per heavy atom. The maximum absolute atomic E-state index is 12.1. The lowest BCUT2D eigenvalue weighted by Crippen LogP contribution is -2.32. The highest BCUT2D eigenvalue weighted by Crippen LogP contribution is 2.37. The minimum atomic E-state index is -0.635. The number of nitrogens with zero attached hydrogens (tertiary/aromatic N) is 2. The zero-order valence-corrected chi connectivity index (χ0v) is 20.3. The van der Waals surface area contributed by atoms with Crippen molar-refractivity contribution in [2.45, 2.75) is 58.5 Å². The van der Waals surface area contributed by atoms with E-state index in [1.54, 1.807) is 18.2 Å². The predicted octanol–water partition coefficient (Wildman–Crippen LogP) is 5.04. The summed E-state index contributed by atoms with van der Waals surface area (Å²) < 4.78 is 5.26. The van der Waals surface area contributed by atoms with E-state index in [4.69, 9.17) is 4.74 Å². The molecule has 1 atom stereocenters. The first-order valence-corrected chi connectivity index (χ1v) is 11.5. The first-order chi connectivity index (χ1) is 15.6. The van der Waals surface area contributed by atoms with Gasteiger partial charge in [-0.1, -0.05) is 32.0 Å². The van der Waals surface area contributed by atoms with Crippen LogP contribution in [0.2, 0.25) is 0 Å². The number of hydrogen-bond acceptors (Lipinski definition) is 6. The molecule has 178 valence electrons. The fourth-order valence-corrected chi connectivity index (χ4v) is 3.99. The van der Waals surface area contributed by atoms with Gasteiger partial charge >= 0.3 is 5.97 Å². The van der Waals surface area contributed by atoms with Gasteiger partial charge in [0.15, 0.2) is 11.5 Å². The van der Waals surface area contributed by atoms with Crippen LogP contribution in [0.25, 0.3) is 0 Å². The molecule has 0 heterocycles. The fraction of sp³-hybridized carbons (Fsp3) is 0.481. The number of nitriles is 1. The number of carbonyl (C=O) groups excluding carboxylic acids is 1. The number of benzene rings is 2. The third-order valence-electron chi connectivity index (χ3n) is 6.10. The summed E-state index contributed by atoms with van der Waals surface area (Å²) in [4.78, 5) is 14.4. The number of rotatable bonds is 11. The zero-order chi connectivity index (χ0) is 24.6. The summed E-state index contributed by atoms with van der Waals surface area (Å²) in [6.07, 6.45) is 2.13. The van der Waals surface area contributed by atoms with E-state index in [1.165, 1.54) is 6.07 Å². The summed E-state index contributed by atoms with van der Waals surface area (Å²) in [6.45, 7) is 9.39. The third kappa shape index (κ3) is 6.97. The Morgan fingerprint density at radius 3 is 2.27 bits per heavy atom. The van der Waals surface area contributed by atoms with Crippen molar-refractivity contribution in [3.05, 3.63) is 59.2 Å². The van der Waals surface area contributed by atoms with Crippen molar-refractivity contribution < 1.29 is 19.7 Å². The second-order valence-electron chi connectivity index (χ2n) is 9.25. The van der Waals surface area contributed by atoms with Crippen molar-refractivity contribution in [2.24, 2.45) is 5.92 Å². The molecular weight excluding hydrogens is 416 g/mol. The summed E-state index contributed by atoms with van der Waals surface area (Å²) >= 11 is 0. The number of ether oxygens (including phenoxy) is 1. The molecule has 2 rings (SSSR count). The zero-order valence-electron chi connectivity index (χ0n) is 20.3. The Kier molecular flexibility index (Phi) is 9.31. The Labute approximate surface area is 197 Å². The molecule has 0 saturated heterocycles. The Morgan fingerprint density at radius 2 is 1.73 bits per heavy atom. The SMILES string of the molecule is CC(C)OC(=O)c1ccc(C(C#N)(CCCN(C)CCc2ccc(O)c(O)c2)C(C)C)cc1. The molecule has 2 aromatic carbocycles. The minimum absolute atomic E-state index is 0.102. The second kappa shape index (κ2) is 11.7. The lowest BCUT2D eigenvalue weighted by molar-refractivity contribution is 0.0378. The molecule has 2 aromatic rings. The normalized spacial score (nSPS) is 13.2. The van der Waals surface area contributed by atoms with Crippen molar-refractivity contribution in [1.29, 1.82) is 5.26 Å². The van der Waals surface area contributed by atoms with Crippen molar-refractivity contribution in [3.8, 4) is 17.6 Å². The van der Waals surface area contributed by atoms with Crippen molar-refractivity contribution in [1.82, 2.24) is 4.90 Å². The van der Waals surface area contributed by atoms with Crippen molar-refractivity contribution in [3.63, 3.8) is 0 Å². The summed E-state index contributed by atoms with van der Waals surface area (Å²) in [5.41, 5.74) is 1.73. The van der Waals surface area contributed by atoms with Gasteiger partial charge in [0.05, 0.1) is 23.2 Å². The molecule has 0 fully saturated rings. The van der Waals surface area contributed by atoms with Crippen LogP contribution in [0, 0.1) is 17.2 Å². The quantitative estimate of drug-likeness (QED) is 0.367. The average molecular weight is 453 g/mol. The molecule has 0 saturated carbocycles. The van der Waals surface area contributed by atoms with Gasteiger partial charge in [-0.05, 0) is 88.0 Å². The number of carbonyl (C=O) groups is 1. The van der Waals surface area contributed by atoms with Crippen LogP contribution >= 0.6 is 0 Å². The molecule has 0 aromatic heterocycles. The maximum Gasteiger partial charge on any atom is 0.338 e. The van der Waals surface area contributed by atoms with Gasteiger partial charge in [0, 0.05) is 6.54 Å². The van der Waals surface area contributed by atoms with E-state index in [2.05, 4.69) is 24.8 Å². The van der Waals surface area contributed by atoms with Crippen molar-refractivity contribution in [2.75, 3.05) is 20.1 Å². The molecule has 6 heteroatoms. The molecule has 0 radical (unpaired) electrons. The van der Waals surface area contributed by atoms with E-state index in [0.717, 1.165) is 37.1 Å². The topological polar surface area (TPSA) is 93.8 Å². The van der Waals surface area contributed by atoms with Crippen LogP contribution in [0.3, 0.4) is 0 Å². The molecule has 0 amide bonds. The van der Waals surface area contributed by atoms with E-state index >= 15 is 0 Å². The monoisotopic (exact) mass is 452 g/mol. The smallest absolute Gasteiger partial charge is 0.338 e. The van der Waals surface area contributed by atoms with E-state index in [-0.39, 0.29) is 29.5 Å². The van der Waals surface area contributed by atoms with Crippen LogP contribution in [0.4, 0.5) is 0 Å². The lowest BCUT2D eigenvalue weighted by Gasteiger charge is -2.32. The Balaban J connectivity index is 2.00. The van der Waals surface area contributed by atoms with Gasteiger partial charge in [-0.15, -0.1) is 0 Å². The number of phenols is 2. The molecule has 0 bridgehead atoms. The van der Waals surface area contributed by atoms with Gasteiger partial charge in [-0.25, -0.2) is 4.79 Å². The second-order valence-corrected chi connectivity index (χ2v) is 9.25. The van der Waals surface area contributed by atoms with E-state index in [9.17, 15) is 20.3 Å². The highest BCUT2D eigenvalue weighted by atomic mass is 16.5. The summed E-state index contributed by atoms with van der Waals surface area (Å²) in [5.74, 6) is -0.457. The van der Waals surface area contributed by atoms with Crippen LogP contribution < -0.4 is 0 Å². The molecule has 0 aliphatic carbocycles. The number of hydrogen-bond donors (Lipinski definition) is 2. The number of likely N-dealkylation sites (N-methyl/N-ethyl adjacent to an activating group) is 1. The minimum Gasteiger partial charge on any atom is -0.504 e. The van der Waals surface area contributed by atoms with E-state index < -0.39 is 5.41 Å². The van der Waals surface area contributed by atoms with Gasteiger partial charge in [-0.2, -0.15) is 5.26 Å². The largest absolute Gasteiger partial charge is 0.504 e. The van der Waals surface area contributed by atoms with E-state index in [0.29, 0.717) is 12.0 Å². The van der Waals surface area contributed by atoms with Gasteiger partial charge in [0.1, 0.15) is 0 Å². The Hall–Kier alpha value is -3.04. The van der Waals surface area contributed by atoms with Crippen LogP contribution in [0.15, 0.2) is 42.5 Å². The molecule has 6 nitrogen and oxygen atoms in total. The van der Waals surface area contributed by atoms with Gasteiger partial charge in [0.25, 0.3) is 0 Å². The fourth-order valence-electron chi connectivity index (χ4n) is 3.99. The van der Waals surface area contributed by atoms with Gasteiger partial charge in [0.2, 0.25) is 0 Å². The highest BCUT2D eigenvalue weighted by molar-refractivity contribution is 5.89. The molecule has 2 N–H and O–H groups in total. The highest BCUT2D eigenvalue weighted by Gasteiger charge is 2.35. The summed E-state index contributed by atoms with van der Waals surface area (Å²) in [6, 6.07) is 14.7. The molecule has 0 aliphatic rings. The number of aromatic hydroxyl groups is 2. The average Bonchev–Trinajstić information content (AvgIpc) is 2.77. The molecule has 1 unspecified atom stereocenters. The van der Waals surface area contributed by atoms with Crippen molar-refractivity contribution >= 4 is 5.97 Å². The third-order valence-corrected chi connectivity index (χ3v) is 6.10. The van der Waals surface area contributed by atoms with Crippen LogP contribution in [0.5, 0.6) is 11.5 Å². The Bertz CT molecular complexity index is 963. The molecule has 0 spiro atoms. The lowest BCUT2D eigenvalue weighted by atomic mass is 9.69. The van der Waals surface area contributed by atoms with Gasteiger partial charge < -0.3 is 19.8 Å².